The number of aromatic hydroxyl groups is 2. The molecule has 0 fully saturated rings. The smallest absolute Gasteiger partial charge is 0.460 e. The van der Waals surface area contributed by atoms with E-state index in [-0.39, 0.29) is 24.3 Å². The van der Waals surface area contributed by atoms with Gasteiger partial charge in [0.05, 0.1) is 5.69 Å². The molecule has 0 spiro atoms. The molecule has 1 aromatic heterocycles. The lowest BCUT2D eigenvalue weighted by Crippen LogP contribution is -2.60. The summed E-state index contributed by atoms with van der Waals surface area (Å²) in [7, 11) is 1.79. The number of phenols is 2. The van der Waals surface area contributed by atoms with E-state index in [0.717, 1.165) is 33.3 Å². The maximum atomic E-state index is 13.7. The third-order valence-corrected chi connectivity index (χ3v) is 8.44. The summed E-state index contributed by atoms with van der Waals surface area (Å²) in [5, 5.41) is 20.8. The molecular formula is C35H37F9N2O3. The van der Waals surface area contributed by atoms with Crippen LogP contribution in [-0.2, 0) is 6.54 Å². The fourth-order valence-electron chi connectivity index (χ4n) is 5.62. The Kier molecular flexibility index (Phi) is 11.4. The Labute approximate surface area is 277 Å². The van der Waals surface area contributed by atoms with Gasteiger partial charge < -0.3 is 24.4 Å². The predicted molar refractivity (Wildman–Crippen MR) is 168 cm³/mol. The number of aromatic nitrogens is 1. The molecule has 0 amide bonds. The molecule has 0 saturated carbocycles. The van der Waals surface area contributed by atoms with Crippen molar-refractivity contribution in [2.24, 2.45) is 0 Å². The number of rotatable bonds is 16. The van der Waals surface area contributed by atoms with Gasteiger partial charge in [-0.1, -0.05) is 25.0 Å². The third kappa shape index (κ3) is 8.39. The van der Waals surface area contributed by atoms with Gasteiger partial charge in [-0.2, -0.15) is 39.5 Å². The average Bonchev–Trinajstić information content (AvgIpc) is 3.29. The van der Waals surface area contributed by atoms with Gasteiger partial charge in [-0.3, -0.25) is 0 Å². The Morgan fingerprint density at radius 2 is 1.33 bits per heavy atom. The highest BCUT2D eigenvalue weighted by atomic mass is 19.4. The first-order valence-corrected chi connectivity index (χ1v) is 15.6. The summed E-state index contributed by atoms with van der Waals surface area (Å²) in [4.78, 5) is 1.89. The summed E-state index contributed by atoms with van der Waals surface area (Å²) < 4.78 is 125. The highest BCUT2D eigenvalue weighted by molar-refractivity contribution is 5.92. The lowest BCUT2D eigenvalue weighted by Gasteiger charge is -2.33. The number of unbranched alkanes of at least 4 members (excludes halogenated alkanes) is 3. The van der Waals surface area contributed by atoms with E-state index < -0.39 is 36.8 Å². The van der Waals surface area contributed by atoms with Gasteiger partial charge in [0.2, 0.25) is 0 Å². The number of hydrogen-bond acceptors (Lipinski definition) is 4. The molecule has 49 heavy (non-hydrogen) atoms. The molecule has 5 nitrogen and oxygen atoms in total. The molecule has 1 heterocycles. The quantitative estimate of drug-likeness (QED) is 0.0901. The molecular weight excluding hydrogens is 667 g/mol. The number of benzene rings is 3. The second-order valence-corrected chi connectivity index (χ2v) is 12.1. The minimum atomic E-state index is -6.85. The van der Waals surface area contributed by atoms with Gasteiger partial charge in [-0.15, -0.1) is 0 Å². The second-order valence-electron chi connectivity index (χ2n) is 12.1. The van der Waals surface area contributed by atoms with Crippen LogP contribution in [-0.4, -0.2) is 70.4 Å². The summed E-state index contributed by atoms with van der Waals surface area (Å²) in [5.41, 5.74) is 4.78. The number of hydrogen-bond donors (Lipinski definition) is 2. The maximum absolute atomic E-state index is 13.7. The molecule has 2 N–H and O–H groups in total. The molecule has 268 valence electrons. The van der Waals surface area contributed by atoms with E-state index in [1.807, 2.05) is 54.3 Å². The zero-order valence-electron chi connectivity index (χ0n) is 26.8. The van der Waals surface area contributed by atoms with Gasteiger partial charge in [0.25, 0.3) is 0 Å². The van der Waals surface area contributed by atoms with Crippen LogP contribution in [0.2, 0.25) is 0 Å². The van der Waals surface area contributed by atoms with Crippen molar-refractivity contribution in [3.63, 3.8) is 0 Å². The second kappa shape index (κ2) is 14.8. The topological polar surface area (TPSA) is 57.9 Å². The molecule has 14 heteroatoms. The Morgan fingerprint density at radius 1 is 0.714 bits per heavy atom. The van der Waals surface area contributed by atoms with Crippen LogP contribution in [0.4, 0.5) is 39.5 Å². The maximum Gasteiger partial charge on any atom is 0.460 e. The van der Waals surface area contributed by atoms with Crippen molar-refractivity contribution in [3.8, 4) is 28.5 Å². The molecule has 0 unspecified atom stereocenters. The Balaban J connectivity index is 1.23. The van der Waals surface area contributed by atoms with Crippen LogP contribution in [0, 0.1) is 6.92 Å². The van der Waals surface area contributed by atoms with Crippen LogP contribution in [0.1, 0.15) is 43.2 Å². The zero-order valence-corrected chi connectivity index (χ0v) is 26.8. The molecule has 0 aliphatic heterocycles. The molecule has 0 atom stereocenters. The Bertz CT molecular complexity index is 1690. The number of ether oxygens (including phenoxy) is 1. The Hall–Kier alpha value is -4.07. The third-order valence-electron chi connectivity index (χ3n) is 8.44. The van der Waals surface area contributed by atoms with Gasteiger partial charge in [0.1, 0.15) is 23.9 Å². The Morgan fingerprint density at radius 3 is 1.96 bits per heavy atom. The number of phenolic OH excluding ortho intramolecular Hbond substituents is 2. The van der Waals surface area contributed by atoms with Crippen molar-refractivity contribution >= 4 is 10.9 Å². The fourth-order valence-corrected chi connectivity index (χ4v) is 5.62. The molecule has 0 saturated heterocycles. The monoisotopic (exact) mass is 704 g/mol. The summed E-state index contributed by atoms with van der Waals surface area (Å²) in [6.45, 7) is 3.81. The van der Waals surface area contributed by atoms with E-state index in [9.17, 15) is 49.7 Å². The highest BCUT2D eigenvalue weighted by Gasteiger charge is 2.81. The number of nitrogens with zero attached hydrogens (tertiary/aromatic N) is 2. The lowest BCUT2D eigenvalue weighted by molar-refractivity contribution is -0.396. The minimum Gasteiger partial charge on any atom is -0.508 e. The van der Waals surface area contributed by atoms with E-state index in [1.54, 1.807) is 31.3 Å². The van der Waals surface area contributed by atoms with Crippen LogP contribution in [0.15, 0.2) is 66.7 Å². The van der Waals surface area contributed by atoms with Crippen molar-refractivity contribution in [3.05, 3.63) is 77.9 Å². The minimum absolute atomic E-state index is 0.0444. The standard InChI is InChI=1S/C35H37F9N2O3/c1-23-29-21-27(48)13-16-30(29)46(31(23)25-9-11-26(47)12-10-25)22-24-7-14-28(15-8-24)49-20-19-45(2)18-6-4-3-5-17-32(36,37)33(38,39)34(40,41)35(42,43)44/h7-16,21,47-48H,3-6,17-20,22H2,1-2H3. The van der Waals surface area contributed by atoms with E-state index in [2.05, 4.69) is 4.57 Å². The van der Waals surface area contributed by atoms with E-state index in [4.69, 9.17) is 4.74 Å². The fraction of sp³-hybridized carbons (Fsp3) is 0.429. The molecule has 4 rings (SSSR count). The van der Waals surface area contributed by atoms with Crippen molar-refractivity contribution in [2.45, 2.75) is 69.5 Å². The molecule has 0 radical (unpaired) electrons. The van der Waals surface area contributed by atoms with Crippen LogP contribution in [0.5, 0.6) is 17.2 Å². The summed E-state index contributed by atoms with van der Waals surface area (Å²) in [6.07, 6.45) is -8.53. The first-order valence-electron chi connectivity index (χ1n) is 15.6. The molecule has 4 aromatic rings. The zero-order chi connectivity index (χ0) is 36.2. The van der Waals surface area contributed by atoms with Gasteiger partial charge in [-0.05, 0) is 105 Å². The average molecular weight is 705 g/mol. The number of likely N-dealkylation sites (N-methyl/N-ethyl adjacent to an activating group) is 1. The van der Waals surface area contributed by atoms with Gasteiger partial charge >= 0.3 is 23.9 Å². The number of alkyl halides is 9. The molecule has 3 aromatic carbocycles. The highest BCUT2D eigenvalue weighted by Crippen LogP contribution is 2.54. The van der Waals surface area contributed by atoms with E-state index in [0.29, 0.717) is 38.4 Å². The van der Waals surface area contributed by atoms with Crippen LogP contribution < -0.4 is 4.74 Å². The first kappa shape index (κ1) is 37.7. The van der Waals surface area contributed by atoms with Gasteiger partial charge in [0, 0.05) is 30.4 Å². The summed E-state index contributed by atoms with van der Waals surface area (Å²) >= 11 is 0. The molecule has 0 bridgehead atoms. The SMILES string of the molecule is Cc1c(-c2ccc(O)cc2)n(Cc2ccc(OCCN(C)CCCCCCC(F)(F)C(F)(F)C(F)(F)C(F)(F)F)cc2)c2ccc(O)cc12. The number of halogens is 9. The van der Waals surface area contributed by atoms with Crippen molar-refractivity contribution in [2.75, 3.05) is 26.7 Å². The predicted octanol–water partition coefficient (Wildman–Crippen LogP) is 9.81. The van der Waals surface area contributed by atoms with E-state index >= 15 is 0 Å². The molecule has 0 aliphatic rings. The van der Waals surface area contributed by atoms with Gasteiger partial charge in [-0.25, -0.2) is 0 Å². The molecule has 0 aliphatic carbocycles. The number of fused-ring (bicyclic) bond motifs is 1. The van der Waals surface area contributed by atoms with Crippen molar-refractivity contribution in [1.82, 2.24) is 9.47 Å². The van der Waals surface area contributed by atoms with E-state index in [1.165, 1.54) is 0 Å². The number of aryl methyl sites for hydroxylation is 1. The normalized spacial score (nSPS) is 13.1. The summed E-state index contributed by atoms with van der Waals surface area (Å²) in [6, 6.07) is 19.7. The van der Waals surface area contributed by atoms with Crippen LogP contribution in [0.25, 0.3) is 22.2 Å². The lowest BCUT2D eigenvalue weighted by atomic mass is 9.98. The van der Waals surface area contributed by atoms with Gasteiger partial charge in [0.15, 0.2) is 0 Å². The largest absolute Gasteiger partial charge is 0.508 e. The van der Waals surface area contributed by atoms with Crippen LogP contribution in [0.3, 0.4) is 0 Å². The van der Waals surface area contributed by atoms with Crippen molar-refractivity contribution < 1.29 is 54.5 Å². The van der Waals surface area contributed by atoms with Crippen molar-refractivity contribution in [1.29, 1.82) is 0 Å². The first-order chi connectivity index (χ1) is 22.9. The summed E-state index contributed by atoms with van der Waals surface area (Å²) in [5.74, 6) is -18.0. The van der Waals surface area contributed by atoms with Crippen LogP contribution >= 0.6 is 0 Å².